The Morgan fingerprint density at radius 3 is 2.68 bits per heavy atom. The second kappa shape index (κ2) is 8.50. The molecule has 0 saturated heterocycles. The molecule has 0 bridgehead atoms. The van der Waals surface area contributed by atoms with Crippen LogP contribution in [0.3, 0.4) is 0 Å². The third kappa shape index (κ3) is 5.28. The van der Waals surface area contributed by atoms with Crippen molar-refractivity contribution in [3.63, 3.8) is 0 Å². The number of hydrogen-bond acceptors (Lipinski definition) is 4. The topological polar surface area (TPSA) is 56.8 Å². The van der Waals surface area contributed by atoms with Gasteiger partial charge in [0.05, 0.1) is 26.4 Å². The first-order chi connectivity index (χ1) is 9.19. The summed E-state index contributed by atoms with van der Waals surface area (Å²) in [5.74, 6) is 0.602. The molecule has 5 heteroatoms. The molecule has 1 amide bonds. The van der Waals surface area contributed by atoms with E-state index in [0.29, 0.717) is 13.2 Å². The lowest BCUT2D eigenvalue weighted by molar-refractivity contribution is -0.126. The van der Waals surface area contributed by atoms with Crippen LogP contribution in [0, 0.1) is 0 Å². The van der Waals surface area contributed by atoms with Crippen LogP contribution in [0.2, 0.25) is 0 Å². The van der Waals surface area contributed by atoms with Crippen molar-refractivity contribution in [2.45, 2.75) is 13.0 Å². The van der Waals surface area contributed by atoms with E-state index in [9.17, 15) is 4.79 Å². The third-order valence-electron chi connectivity index (χ3n) is 2.65. The predicted molar refractivity (Wildman–Crippen MR) is 72.2 cm³/mol. The number of benzene rings is 1. The minimum atomic E-state index is -0.158. The van der Waals surface area contributed by atoms with Gasteiger partial charge < -0.3 is 19.5 Å². The molecule has 0 radical (unpaired) electrons. The van der Waals surface area contributed by atoms with E-state index in [1.807, 2.05) is 31.2 Å². The summed E-state index contributed by atoms with van der Waals surface area (Å²) < 4.78 is 15.3. The SMILES string of the molecule is COCCOCC(=O)N[C@H](C)c1ccccc1OC. The Morgan fingerprint density at radius 2 is 2.00 bits per heavy atom. The highest BCUT2D eigenvalue weighted by Gasteiger charge is 2.13. The Morgan fingerprint density at radius 1 is 1.26 bits per heavy atom. The van der Waals surface area contributed by atoms with Crippen LogP contribution in [0.5, 0.6) is 5.75 Å². The number of amides is 1. The van der Waals surface area contributed by atoms with Crippen LogP contribution >= 0.6 is 0 Å². The lowest BCUT2D eigenvalue weighted by atomic mass is 10.1. The summed E-state index contributed by atoms with van der Waals surface area (Å²) in [5, 5.41) is 2.86. The van der Waals surface area contributed by atoms with Crippen molar-refractivity contribution in [2.75, 3.05) is 34.0 Å². The zero-order valence-corrected chi connectivity index (χ0v) is 11.6. The fourth-order valence-electron chi connectivity index (χ4n) is 1.69. The Kier molecular flexibility index (Phi) is 6.92. The molecule has 0 spiro atoms. The molecular weight excluding hydrogens is 246 g/mol. The fourth-order valence-corrected chi connectivity index (χ4v) is 1.69. The molecule has 1 rings (SSSR count). The van der Waals surface area contributed by atoms with Gasteiger partial charge in [0, 0.05) is 12.7 Å². The predicted octanol–water partition coefficient (Wildman–Crippen LogP) is 1.54. The Hall–Kier alpha value is -1.59. The Balaban J connectivity index is 2.45. The smallest absolute Gasteiger partial charge is 0.246 e. The van der Waals surface area contributed by atoms with Gasteiger partial charge in [0.1, 0.15) is 12.4 Å². The maximum atomic E-state index is 11.7. The monoisotopic (exact) mass is 267 g/mol. The molecule has 0 heterocycles. The van der Waals surface area contributed by atoms with Gasteiger partial charge >= 0.3 is 0 Å². The number of hydrogen-bond donors (Lipinski definition) is 1. The van der Waals surface area contributed by atoms with Crippen LogP contribution < -0.4 is 10.1 Å². The first kappa shape index (κ1) is 15.5. The number of methoxy groups -OCH3 is 2. The van der Waals surface area contributed by atoms with Gasteiger partial charge in [-0.3, -0.25) is 4.79 Å². The van der Waals surface area contributed by atoms with Gasteiger partial charge in [-0.1, -0.05) is 18.2 Å². The van der Waals surface area contributed by atoms with Gasteiger partial charge in [-0.2, -0.15) is 0 Å². The molecule has 1 aromatic rings. The summed E-state index contributed by atoms with van der Waals surface area (Å²) in [5.41, 5.74) is 0.940. The van der Waals surface area contributed by atoms with Crippen molar-refractivity contribution in [3.05, 3.63) is 29.8 Å². The molecular formula is C14H21NO4. The van der Waals surface area contributed by atoms with Gasteiger partial charge in [0.15, 0.2) is 0 Å². The fraction of sp³-hybridized carbons (Fsp3) is 0.500. The summed E-state index contributed by atoms with van der Waals surface area (Å²) in [6.07, 6.45) is 0. The van der Waals surface area contributed by atoms with Crippen molar-refractivity contribution in [1.82, 2.24) is 5.32 Å². The molecule has 1 atom stereocenters. The molecule has 106 valence electrons. The second-order valence-electron chi connectivity index (χ2n) is 4.08. The van der Waals surface area contributed by atoms with Crippen LogP contribution in [0.15, 0.2) is 24.3 Å². The van der Waals surface area contributed by atoms with E-state index < -0.39 is 0 Å². The largest absolute Gasteiger partial charge is 0.496 e. The van der Waals surface area contributed by atoms with Crippen molar-refractivity contribution in [2.24, 2.45) is 0 Å². The normalized spacial score (nSPS) is 11.9. The van der Waals surface area contributed by atoms with E-state index in [-0.39, 0.29) is 18.6 Å². The van der Waals surface area contributed by atoms with Gasteiger partial charge in [0.2, 0.25) is 5.91 Å². The van der Waals surface area contributed by atoms with Gasteiger partial charge in [-0.25, -0.2) is 0 Å². The molecule has 5 nitrogen and oxygen atoms in total. The summed E-state index contributed by atoms with van der Waals surface area (Å²) in [4.78, 5) is 11.7. The average molecular weight is 267 g/mol. The lowest BCUT2D eigenvalue weighted by Crippen LogP contribution is -2.30. The first-order valence-electron chi connectivity index (χ1n) is 6.18. The van der Waals surface area contributed by atoms with Crippen LogP contribution in [0.4, 0.5) is 0 Å². The van der Waals surface area contributed by atoms with Gasteiger partial charge in [-0.05, 0) is 13.0 Å². The van der Waals surface area contributed by atoms with E-state index in [2.05, 4.69) is 5.32 Å². The number of carbonyl (C=O) groups is 1. The average Bonchev–Trinajstić information content (AvgIpc) is 2.43. The number of carbonyl (C=O) groups excluding carboxylic acids is 1. The molecule has 1 N–H and O–H groups in total. The van der Waals surface area contributed by atoms with Crippen LogP contribution in [0.25, 0.3) is 0 Å². The molecule has 0 aliphatic heterocycles. The zero-order valence-electron chi connectivity index (χ0n) is 11.6. The maximum Gasteiger partial charge on any atom is 0.246 e. The van der Waals surface area contributed by atoms with E-state index in [0.717, 1.165) is 11.3 Å². The summed E-state index contributed by atoms with van der Waals surface area (Å²) >= 11 is 0. The van der Waals surface area contributed by atoms with Gasteiger partial charge in [0.25, 0.3) is 0 Å². The maximum absolute atomic E-state index is 11.7. The highest BCUT2D eigenvalue weighted by Crippen LogP contribution is 2.23. The van der Waals surface area contributed by atoms with E-state index in [4.69, 9.17) is 14.2 Å². The van der Waals surface area contributed by atoms with Crippen molar-refractivity contribution in [1.29, 1.82) is 0 Å². The minimum absolute atomic E-state index is 0.0306. The van der Waals surface area contributed by atoms with Crippen LogP contribution in [-0.2, 0) is 14.3 Å². The van der Waals surface area contributed by atoms with E-state index in [1.165, 1.54) is 0 Å². The van der Waals surface area contributed by atoms with Crippen LogP contribution in [-0.4, -0.2) is 39.9 Å². The second-order valence-corrected chi connectivity index (χ2v) is 4.08. The zero-order chi connectivity index (χ0) is 14.1. The summed E-state index contributed by atoms with van der Waals surface area (Å²) in [6.45, 7) is 2.83. The standard InChI is InChI=1S/C14H21NO4/c1-11(12-6-4-5-7-13(12)18-3)15-14(16)10-19-9-8-17-2/h4-7,11H,8-10H2,1-3H3,(H,15,16)/t11-/m1/s1. The molecule has 0 aliphatic rings. The summed E-state index contributed by atoms with van der Waals surface area (Å²) in [6, 6.07) is 7.47. The number of rotatable bonds is 8. The lowest BCUT2D eigenvalue weighted by Gasteiger charge is -2.17. The molecule has 0 aliphatic carbocycles. The Bertz CT molecular complexity index is 395. The van der Waals surface area contributed by atoms with Crippen LogP contribution in [0.1, 0.15) is 18.5 Å². The van der Waals surface area contributed by atoms with Crippen molar-refractivity contribution >= 4 is 5.91 Å². The van der Waals surface area contributed by atoms with Gasteiger partial charge in [-0.15, -0.1) is 0 Å². The molecule has 0 saturated carbocycles. The minimum Gasteiger partial charge on any atom is -0.496 e. The summed E-state index contributed by atoms with van der Waals surface area (Å²) in [7, 11) is 3.20. The Labute approximate surface area is 113 Å². The molecule has 1 aromatic carbocycles. The van der Waals surface area contributed by atoms with E-state index >= 15 is 0 Å². The first-order valence-corrected chi connectivity index (χ1v) is 6.18. The highest BCUT2D eigenvalue weighted by atomic mass is 16.5. The number of nitrogens with one attached hydrogen (secondary N) is 1. The van der Waals surface area contributed by atoms with Crippen molar-refractivity contribution < 1.29 is 19.0 Å². The molecule has 0 unspecified atom stereocenters. The quantitative estimate of drug-likeness (QED) is 0.726. The van der Waals surface area contributed by atoms with E-state index in [1.54, 1.807) is 14.2 Å². The number of para-hydroxylation sites is 1. The van der Waals surface area contributed by atoms with Crippen molar-refractivity contribution in [3.8, 4) is 5.75 Å². The molecule has 19 heavy (non-hydrogen) atoms. The molecule has 0 aromatic heterocycles. The highest BCUT2D eigenvalue weighted by molar-refractivity contribution is 5.77. The third-order valence-corrected chi connectivity index (χ3v) is 2.65. The number of ether oxygens (including phenoxy) is 3. The molecule has 0 fully saturated rings.